The molecule has 0 bridgehead atoms. The SMILES string of the molecule is [C-]#[N+]c1ccc2c(N3CC=C(CO)CC3)nnc(NCc3ccc(OC)c(Cl)c3)c2c1. The van der Waals surface area contributed by atoms with Crippen molar-refractivity contribution in [2.45, 2.75) is 13.0 Å². The maximum atomic E-state index is 9.35. The summed E-state index contributed by atoms with van der Waals surface area (Å²) in [4.78, 5) is 5.70. The highest BCUT2D eigenvalue weighted by atomic mass is 35.5. The zero-order chi connectivity index (χ0) is 21.8. The number of aliphatic hydroxyl groups excluding tert-OH is 1. The molecule has 0 spiro atoms. The first-order chi connectivity index (χ1) is 15.1. The summed E-state index contributed by atoms with van der Waals surface area (Å²) in [5.74, 6) is 2.01. The summed E-state index contributed by atoms with van der Waals surface area (Å²) in [6.07, 6.45) is 2.82. The number of nitrogens with zero attached hydrogens (tertiary/aromatic N) is 4. The van der Waals surface area contributed by atoms with Crippen molar-refractivity contribution in [2.75, 3.05) is 37.0 Å². The zero-order valence-corrected chi connectivity index (χ0v) is 17.9. The fourth-order valence-electron chi connectivity index (χ4n) is 3.61. The molecule has 1 aliphatic heterocycles. The highest BCUT2D eigenvalue weighted by molar-refractivity contribution is 6.32. The Kier molecular flexibility index (Phi) is 6.21. The molecule has 0 atom stereocenters. The van der Waals surface area contributed by atoms with Gasteiger partial charge in [0, 0.05) is 30.4 Å². The average Bonchev–Trinajstić information content (AvgIpc) is 2.82. The molecule has 2 heterocycles. The first kappa shape index (κ1) is 20.9. The summed E-state index contributed by atoms with van der Waals surface area (Å²) in [5, 5.41) is 23.9. The van der Waals surface area contributed by atoms with Crippen molar-refractivity contribution in [3.63, 3.8) is 0 Å². The second-order valence-electron chi connectivity index (χ2n) is 7.25. The lowest BCUT2D eigenvalue weighted by molar-refractivity contribution is 0.325. The maximum Gasteiger partial charge on any atom is 0.188 e. The molecule has 158 valence electrons. The van der Waals surface area contributed by atoms with E-state index >= 15 is 0 Å². The van der Waals surface area contributed by atoms with Gasteiger partial charge in [0.05, 0.1) is 25.3 Å². The van der Waals surface area contributed by atoms with Crippen LogP contribution in [0.4, 0.5) is 17.3 Å². The molecule has 0 saturated carbocycles. The minimum Gasteiger partial charge on any atom is -0.495 e. The minimum atomic E-state index is 0.0901. The number of benzene rings is 2. The first-order valence-corrected chi connectivity index (χ1v) is 10.3. The summed E-state index contributed by atoms with van der Waals surface area (Å²) in [7, 11) is 1.58. The molecule has 0 unspecified atom stereocenters. The Labute approximate surface area is 185 Å². The zero-order valence-electron chi connectivity index (χ0n) is 17.1. The van der Waals surface area contributed by atoms with Crippen molar-refractivity contribution in [2.24, 2.45) is 0 Å². The van der Waals surface area contributed by atoms with E-state index in [1.54, 1.807) is 13.2 Å². The maximum absolute atomic E-state index is 9.35. The number of rotatable bonds is 6. The average molecular weight is 436 g/mol. The number of ether oxygens (including phenoxy) is 1. The Morgan fingerprint density at radius 1 is 1.23 bits per heavy atom. The van der Waals surface area contributed by atoms with Crippen LogP contribution in [0.3, 0.4) is 0 Å². The van der Waals surface area contributed by atoms with Crippen LogP contribution in [0, 0.1) is 6.57 Å². The van der Waals surface area contributed by atoms with Crippen molar-refractivity contribution >= 4 is 39.7 Å². The molecule has 1 aliphatic rings. The van der Waals surface area contributed by atoms with Gasteiger partial charge in [0.15, 0.2) is 17.3 Å². The molecule has 0 saturated heterocycles. The predicted octanol–water partition coefficient (Wildman–Crippen LogP) is 4.58. The van der Waals surface area contributed by atoms with Crippen LogP contribution in [0.1, 0.15) is 12.0 Å². The van der Waals surface area contributed by atoms with Gasteiger partial charge in [-0.25, -0.2) is 4.85 Å². The summed E-state index contributed by atoms with van der Waals surface area (Å²) >= 11 is 6.23. The van der Waals surface area contributed by atoms with Crippen molar-refractivity contribution in [1.29, 1.82) is 0 Å². The first-order valence-electron chi connectivity index (χ1n) is 9.91. The third-order valence-electron chi connectivity index (χ3n) is 5.35. The van der Waals surface area contributed by atoms with Crippen LogP contribution in [-0.4, -0.2) is 42.1 Å². The minimum absolute atomic E-state index is 0.0901. The molecule has 0 aliphatic carbocycles. The molecule has 0 radical (unpaired) electrons. The van der Waals surface area contributed by atoms with Gasteiger partial charge < -0.3 is 20.1 Å². The molecule has 3 aromatic rings. The van der Waals surface area contributed by atoms with Crippen LogP contribution < -0.4 is 15.0 Å². The number of aliphatic hydroxyl groups is 1. The number of methoxy groups -OCH3 is 1. The number of aromatic nitrogens is 2. The molecule has 0 fully saturated rings. The fourth-order valence-corrected chi connectivity index (χ4v) is 3.90. The second-order valence-corrected chi connectivity index (χ2v) is 7.66. The highest BCUT2D eigenvalue weighted by Gasteiger charge is 2.18. The summed E-state index contributed by atoms with van der Waals surface area (Å²) in [6.45, 7) is 9.40. The van der Waals surface area contributed by atoms with Crippen molar-refractivity contribution in [3.05, 3.63) is 70.1 Å². The van der Waals surface area contributed by atoms with E-state index in [4.69, 9.17) is 22.9 Å². The molecule has 7 nitrogen and oxygen atoms in total. The third-order valence-corrected chi connectivity index (χ3v) is 5.65. The van der Waals surface area contributed by atoms with Crippen LogP contribution in [-0.2, 0) is 6.54 Å². The molecule has 8 heteroatoms. The fraction of sp³-hybridized carbons (Fsp3) is 0.261. The van der Waals surface area contributed by atoms with Gasteiger partial charge in [-0.15, -0.1) is 10.2 Å². The highest BCUT2D eigenvalue weighted by Crippen LogP contribution is 2.33. The largest absolute Gasteiger partial charge is 0.495 e. The number of anilines is 2. The molecular weight excluding hydrogens is 414 g/mol. The van der Waals surface area contributed by atoms with Gasteiger partial charge in [-0.05, 0) is 35.8 Å². The van der Waals surface area contributed by atoms with Gasteiger partial charge in [-0.1, -0.05) is 35.9 Å². The Morgan fingerprint density at radius 2 is 2.10 bits per heavy atom. The topological polar surface area (TPSA) is 74.9 Å². The van der Waals surface area contributed by atoms with Crippen molar-refractivity contribution in [1.82, 2.24) is 10.2 Å². The van der Waals surface area contributed by atoms with Crippen LogP contribution in [0.25, 0.3) is 15.6 Å². The second kappa shape index (κ2) is 9.21. The third kappa shape index (κ3) is 4.41. The van der Waals surface area contributed by atoms with Crippen molar-refractivity contribution < 1.29 is 9.84 Å². The number of halogens is 1. The van der Waals surface area contributed by atoms with Gasteiger partial charge in [0.25, 0.3) is 0 Å². The lowest BCUT2D eigenvalue weighted by Gasteiger charge is -2.28. The molecular formula is C23H22ClN5O2. The molecule has 2 N–H and O–H groups in total. The van der Waals surface area contributed by atoms with Crippen LogP contribution in [0.2, 0.25) is 5.02 Å². The molecule has 31 heavy (non-hydrogen) atoms. The molecule has 4 rings (SSSR count). The lowest BCUT2D eigenvalue weighted by Crippen LogP contribution is -2.30. The number of hydrogen-bond acceptors (Lipinski definition) is 6. The molecule has 0 amide bonds. The lowest BCUT2D eigenvalue weighted by atomic mass is 10.1. The Morgan fingerprint density at radius 3 is 2.77 bits per heavy atom. The van der Waals surface area contributed by atoms with E-state index in [-0.39, 0.29) is 6.61 Å². The van der Waals surface area contributed by atoms with E-state index in [0.29, 0.717) is 35.4 Å². The summed E-state index contributed by atoms with van der Waals surface area (Å²) in [6, 6.07) is 11.2. The Hall–Kier alpha value is -3.34. The predicted molar refractivity (Wildman–Crippen MR) is 123 cm³/mol. The number of hydrogen-bond donors (Lipinski definition) is 2. The Bertz CT molecular complexity index is 1190. The van der Waals surface area contributed by atoms with Crippen LogP contribution >= 0.6 is 11.6 Å². The standard InChI is InChI=1S/C23H22ClN5O2/c1-25-17-4-5-18-19(12-17)22(26-13-16-3-6-21(31-2)20(24)11-16)27-28-23(18)29-9-7-15(14-30)8-10-29/h3-7,11-12,30H,8-10,13-14H2,2H3,(H,26,27). The van der Waals surface area contributed by atoms with Crippen molar-refractivity contribution in [3.8, 4) is 5.75 Å². The Balaban J connectivity index is 1.65. The van der Waals surface area contributed by atoms with Gasteiger partial charge in [0.1, 0.15) is 5.75 Å². The van der Waals surface area contributed by atoms with Gasteiger partial charge in [0.2, 0.25) is 0 Å². The van der Waals surface area contributed by atoms with Gasteiger partial charge >= 0.3 is 0 Å². The van der Waals surface area contributed by atoms with Crippen LogP contribution in [0.5, 0.6) is 5.75 Å². The van der Waals surface area contributed by atoms with Crippen LogP contribution in [0.15, 0.2) is 48.0 Å². The summed E-state index contributed by atoms with van der Waals surface area (Å²) in [5.41, 5.74) is 2.56. The van der Waals surface area contributed by atoms with Gasteiger partial charge in [-0.3, -0.25) is 0 Å². The van der Waals surface area contributed by atoms with E-state index in [2.05, 4.69) is 25.3 Å². The van der Waals surface area contributed by atoms with E-state index in [0.717, 1.165) is 40.7 Å². The molecule has 1 aromatic heterocycles. The normalized spacial score (nSPS) is 13.6. The van der Waals surface area contributed by atoms with E-state index in [1.807, 2.05) is 36.4 Å². The van der Waals surface area contributed by atoms with E-state index < -0.39 is 0 Å². The monoisotopic (exact) mass is 435 g/mol. The van der Waals surface area contributed by atoms with E-state index in [9.17, 15) is 5.11 Å². The summed E-state index contributed by atoms with van der Waals surface area (Å²) < 4.78 is 5.21. The molecule has 2 aromatic carbocycles. The number of fused-ring (bicyclic) bond motifs is 1. The quantitative estimate of drug-likeness (QED) is 0.436. The smallest absolute Gasteiger partial charge is 0.188 e. The van der Waals surface area contributed by atoms with E-state index in [1.165, 1.54) is 0 Å². The van der Waals surface area contributed by atoms with Gasteiger partial charge in [-0.2, -0.15) is 0 Å². The number of nitrogens with one attached hydrogen (secondary N) is 1.